The van der Waals surface area contributed by atoms with E-state index in [-0.39, 0.29) is 0 Å². The van der Waals surface area contributed by atoms with E-state index in [1.165, 1.54) is 10.8 Å². The quantitative estimate of drug-likeness (QED) is 0.606. The molecule has 0 atom stereocenters. The molecular weight excluding hydrogens is 234 g/mol. The monoisotopic (exact) mass is 249 g/mol. The number of fused-ring (bicyclic) bond motifs is 1. The van der Waals surface area contributed by atoms with Crippen LogP contribution in [0, 0.1) is 0 Å². The Bertz CT molecular complexity index is 730. The van der Waals surface area contributed by atoms with Crippen molar-refractivity contribution in [2.45, 2.75) is 0 Å². The van der Waals surface area contributed by atoms with Crippen molar-refractivity contribution in [3.8, 4) is 0 Å². The number of nitrogens with two attached hydrogens (primary N) is 2. The van der Waals surface area contributed by atoms with Gasteiger partial charge < -0.3 is 16.8 Å². The SMILES string of the molecule is Nc1ccc(Nc2cccc3ccccc23)cc1N. The van der Waals surface area contributed by atoms with Gasteiger partial charge in [-0.05, 0) is 29.7 Å². The molecule has 3 heteroatoms. The van der Waals surface area contributed by atoms with Crippen molar-refractivity contribution >= 4 is 33.5 Å². The zero-order valence-electron chi connectivity index (χ0n) is 10.4. The number of nitrogens with one attached hydrogen (secondary N) is 1. The third-order valence-electron chi connectivity index (χ3n) is 3.16. The molecule has 0 unspecified atom stereocenters. The molecule has 0 heterocycles. The molecule has 94 valence electrons. The summed E-state index contributed by atoms with van der Waals surface area (Å²) in [6.07, 6.45) is 0. The van der Waals surface area contributed by atoms with Crippen LogP contribution in [0.2, 0.25) is 0 Å². The predicted molar refractivity (Wildman–Crippen MR) is 82.5 cm³/mol. The van der Waals surface area contributed by atoms with Crippen LogP contribution in [0.25, 0.3) is 10.8 Å². The van der Waals surface area contributed by atoms with Crippen LogP contribution in [0.3, 0.4) is 0 Å². The van der Waals surface area contributed by atoms with Crippen LogP contribution in [0.4, 0.5) is 22.7 Å². The van der Waals surface area contributed by atoms with Crippen LogP contribution in [-0.4, -0.2) is 0 Å². The first-order valence-corrected chi connectivity index (χ1v) is 6.14. The summed E-state index contributed by atoms with van der Waals surface area (Å²) in [7, 11) is 0. The molecule has 5 N–H and O–H groups in total. The lowest BCUT2D eigenvalue weighted by molar-refractivity contribution is 1.57. The topological polar surface area (TPSA) is 64.1 Å². The van der Waals surface area contributed by atoms with Crippen LogP contribution in [0.15, 0.2) is 60.7 Å². The van der Waals surface area contributed by atoms with Gasteiger partial charge in [-0.3, -0.25) is 0 Å². The average molecular weight is 249 g/mol. The molecule has 0 saturated carbocycles. The summed E-state index contributed by atoms with van der Waals surface area (Å²) in [6, 6.07) is 20.0. The lowest BCUT2D eigenvalue weighted by atomic mass is 10.1. The normalized spacial score (nSPS) is 10.5. The Morgan fingerprint density at radius 2 is 1.53 bits per heavy atom. The molecule has 19 heavy (non-hydrogen) atoms. The molecule has 0 amide bonds. The molecule has 0 spiro atoms. The minimum atomic E-state index is 0.588. The summed E-state index contributed by atoms with van der Waals surface area (Å²) >= 11 is 0. The molecule has 3 aromatic carbocycles. The van der Waals surface area contributed by atoms with E-state index < -0.39 is 0 Å². The number of hydrogen-bond donors (Lipinski definition) is 3. The van der Waals surface area contributed by atoms with E-state index in [0.29, 0.717) is 11.4 Å². The highest BCUT2D eigenvalue weighted by Crippen LogP contribution is 2.28. The van der Waals surface area contributed by atoms with Gasteiger partial charge in [0.2, 0.25) is 0 Å². The highest BCUT2D eigenvalue weighted by molar-refractivity contribution is 5.95. The molecule has 0 saturated heterocycles. The maximum atomic E-state index is 5.82. The molecule has 0 radical (unpaired) electrons. The Morgan fingerprint density at radius 1 is 0.737 bits per heavy atom. The Hall–Kier alpha value is -2.68. The zero-order valence-corrected chi connectivity index (χ0v) is 10.4. The van der Waals surface area contributed by atoms with Crippen molar-refractivity contribution in [2.75, 3.05) is 16.8 Å². The van der Waals surface area contributed by atoms with Crippen molar-refractivity contribution in [2.24, 2.45) is 0 Å². The van der Waals surface area contributed by atoms with Crippen molar-refractivity contribution < 1.29 is 0 Å². The second kappa shape index (κ2) is 4.53. The first kappa shape index (κ1) is 11.4. The highest BCUT2D eigenvalue weighted by atomic mass is 14.9. The number of nitrogen functional groups attached to an aromatic ring is 2. The second-order valence-electron chi connectivity index (χ2n) is 4.50. The van der Waals surface area contributed by atoms with Gasteiger partial charge in [-0.25, -0.2) is 0 Å². The third-order valence-corrected chi connectivity index (χ3v) is 3.16. The fourth-order valence-corrected chi connectivity index (χ4v) is 2.14. The summed E-state index contributed by atoms with van der Waals surface area (Å²) in [5.41, 5.74) is 14.7. The lowest BCUT2D eigenvalue weighted by Crippen LogP contribution is -1.97. The van der Waals surface area contributed by atoms with Crippen molar-refractivity contribution in [3.05, 3.63) is 60.7 Å². The van der Waals surface area contributed by atoms with Crippen LogP contribution in [0.5, 0.6) is 0 Å². The Balaban J connectivity index is 2.03. The van der Waals surface area contributed by atoms with Gasteiger partial charge in [-0.1, -0.05) is 36.4 Å². The largest absolute Gasteiger partial charge is 0.397 e. The average Bonchev–Trinajstić information content (AvgIpc) is 2.43. The van der Waals surface area contributed by atoms with Gasteiger partial charge in [0.25, 0.3) is 0 Å². The molecule has 0 aliphatic carbocycles. The minimum absolute atomic E-state index is 0.588. The van der Waals surface area contributed by atoms with Crippen molar-refractivity contribution in [1.29, 1.82) is 0 Å². The number of hydrogen-bond acceptors (Lipinski definition) is 3. The molecule has 0 aliphatic rings. The van der Waals surface area contributed by atoms with Crippen LogP contribution >= 0.6 is 0 Å². The van der Waals surface area contributed by atoms with Gasteiger partial charge in [-0.2, -0.15) is 0 Å². The maximum absolute atomic E-state index is 5.82. The Labute approximate surface area is 111 Å². The highest BCUT2D eigenvalue weighted by Gasteiger charge is 2.02. The van der Waals surface area contributed by atoms with Gasteiger partial charge in [0.05, 0.1) is 11.4 Å². The summed E-state index contributed by atoms with van der Waals surface area (Å²) in [5, 5.41) is 5.76. The molecule has 3 rings (SSSR count). The van der Waals surface area contributed by atoms with Crippen LogP contribution in [-0.2, 0) is 0 Å². The first-order valence-electron chi connectivity index (χ1n) is 6.14. The van der Waals surface area contributed by atoms with Crippen LogP contribution < -0.4 is 16.8 Å². The molecule has 0 fully saturated rings. The lowest BCUT2D eigenvalue weighted by Gasteiger charge is -2.11. The Morgan fingerprint density at radius 3 is 2.37 bits per heavy atom. The fraction of sp³-hybridized carbons (Fsp3) is 0. The van der Waals surface area contributed by atoms with Gasteiger partial charge in [0.1, 0.15) is 0 Å². The van der Waals surface area contributed by atoms with E-state index in [2.05, 4.69) is 29.6 Å². The van der Waals surface area contributed by atoms with Crippen molar-refractivity contribution in [1.82, 2.24) is 0 Å². The van der Waals surface area contributed by atoms with Gasteiger partial charge in [0.15, 0.2) is 0 Å². The summed E-state index contributed by atoms with van der Waals surface area (Å²) < 4.78 is 0. The molecule has 0 aromatic heterocycles. The van der Waals surface area contributed by atoms with E-state index in [1.54, 1.807) is 0 Å². The number of anilines is 4. The summed E-state index contributed by atoms with van der Waals surface area (Å²) in [4.78, 5) is 0. The van der Waals surface area contributed by atoms with Crippen molar-refractivity contribution in [3.63, 3.8) is 0 Å². The van der Waals surface area contributed by atoms with Gasteiger partial charge in [-0.15, -0.1) is 0 Å². The zero-order chi connectivity index (χ0) is 13.2. The summed E-state index contributed by atoms with van der Waals surface area (Å²) in [6.45, 7) is 0. The third kappa shape index (κ3) is 2.18. The second-order valence-corrected chi connectivity index (χ2v) is 4.50. The van der Waals surface area contributed by atoms with Crippen LogP contribution in [0.1, 0.15) is 0 Å². The molecular formula is C16H15N3. The van der Waals surface area contributed by atoms with Gasteiger partial charge >= 0.3 is 0 Å². The molecule has 3 nitrogen and oxygen atoms in total. The van der Waals surface area contributed by atoms with E-state index >= 15 is 0 Å². The smallest absolute Gasteiger partial charge is 0.0568 e. The Kier molecular flexibility index (Phi) is 2.72. The van der Waals surface area contributed by atoms with E-state index in [9.17, 15) is 0 Å². The van der Waals surface area contributed by atoms with E-state index in [1.807, 2.05) is 36.4 Å². The predicted octanol–water partition coefficient (Wildman–Crippen LogP) is 3.75. The summed E-state index contributed by atoms with van der Waals surface area (Å²) in [5.74, 6) is 0. The van der Waals surface area contributed by atoms with E-state index in [4.69, 9.17) is 11.5 Å². The number of rotatable bonds is 2. The molecule has 0 aliphatic heterocycles. The minimum Gasteiger partial charge on any atom is -0.397 e. The molecule has 3 aromatic rings. The fourth-order valence-electron chi connectivity index (χ4n) is 2.14. The van der Waals surface area contributed by atoms with Gasteiger partial charge in [0, 0.05) is 16.8 Å². The maximum Gasteiger partial charge on any atom is 0.0568 e. The standard InChI is InChI=1S/C16H15N3/c17-14-9-8-12(10-15(14)18)19-16-7-3-5-11-4-1-2-6-13(11)16/h1-10,19H,17-18H2. The van der Waals surface area contributed by atoms with E-state index in [0.717, 1.165) is 11.4 Å². The molecule has 0 bridgehead atoms. The number of benzene rings is 3. The first-order chi connectivity index (χ1) is 9.24.